The van der Waals surface area contributed by atoms with Gasteiger partial charge in [0.15, 0.2) is 0 Å². The fourth-order valence-corrected chi connectivity index (χ4v) is 2.65. The molecule has 0 aliphatic rings. The Labute approximate surface area is 117 Å². The summed E-state index contributed by atoms with van der Waals surface area (Å²) in [6.45, 7) is 1.86. The Morgan fingerprint density at radius 1 is 1.50 bits per heavy atom. The number of nitrogens with two attached hydrogens (primary N) is 1. The Kier molecular flexibility index (Phi) is 2.96. The summed E-state index contributed by atoms with van der Waals surface area (Å²) in [6, 6.07) is 6.24. The van der Waals surface area contributed by atoms with Crippen molar-refractivity contribution in [2.75, 3.05) is 0 Å². The first-order valence-electron chi connectivity index (χ1n) is 5.91. The highest BCUT2D eigenvalue weighted by Crippen LogP contribution is 2.26. The third kappa shape index (κ3) is 2.15. The van der Waals surface area contributed by atoms with E-state index in [1.54, 1.807) is 22.8 Å². The van der Waals surface area contributed by atoms with Gasteiger partial charge >= 0.3 is 0 Å². The summed E-state index contributed by atoms with van der Waals surface area (Å²) >= 11 is 1.41. The number of nitro benzene ring substituents is 1. The zero-order chi connectivity index (χ0) is 14.3. The lowest BCUT2D eigenvalue weighted by Gasteiger charge is -1.97. The van der Waals surface area contributed by atoms with E-state index in [4.69, 9.17) is 5.73 Å². The molecule has 0 fully saturated rings. The van der Waals surface area contributed by atoms with Crippen molar-refractivity contribution < 1.29 is 4.92 Å². The molecule has 3 rings (SSSR count). The van der Waals surface area contributed by atoms with Gasteiger partial charge in [0, 0.05) is 17.7 Å². The van der Waals surface area contributed by atoms with E-state index in [9.17, 15) is 10.1 Å². The van der Waals surface area contributed by atoms with Crippen LogP contribution in [0, 0.1) is 10.1 Å². The quantitative estimate of drug-likeness (QED) is 0.589. The van der Waals surface area contributed by atoms with Crippen molar-refractivity contribution in [3.63, 3.8) is 0 Å². The van der Waals surface area contributed by atoms with Crippen LogP contribution < -0.4 is 5.73 Å². The van der Waals surface area contributed by atoms with E-state index < -0.39 is 4.92 Å². The molecule has 8 heteroatoms. The van der Waals surface area contributed by atoms with Crippen molar-refractivity contribution in [1.82, 2.24) is 14.6 Å². The summed E-state index contributed by atoms with van der Waals surface area (Å²) in [4.78, 5) is 15.5. The van der Waals surface area contributed by atoms with E-state index in [1.807, 2.05) is 6.92 Å². The molecule has 0 bridgehead atoms. The van der Waals surface area contributed by atoms with Gasteiger partial charge in [-0.15, -0.1) is 0 Å². The summed E-state index contributed by atoms with van der Waals surface area (Å²) in [7, 11) is 0. The molecular weight excluding hydrogens is 278 g/mol. The summed E-state index contributed by atoms with van der Waals surface area (Å²) in [5.74, 6) is 0. The number of hydrogen-bond donors (Lipinski definition) is 1. The van der Waals surface area contributed by atoms with Crippen LogP contribution in [0.1, 0.15) is 18.0 Å². The van der Waals surface area contributed by atoms with E-state index >= 15 is 0 Å². The fraction of sp³-hybridized carbons (Fsp3) is 0.167. The van der Waals surface area contributed by atoms with Crippen LogP contribution in [-0.4, -0.2) is 19.5 Å². The van der Waals surface area contributed by atoms with Gasteiger partial charge in [-0.05, 0) is 6.92 Å². The lowest BCUT2D eigenvalue weighted by molar-refractivity contribution is -0.384. The SMILES string of the molecule is CC(N)c1nn2cc(-c3cccc([N+](=O)[O-])c3)nc2s1. The van der Waals surface area contributed by atoms with E-state index in [0.717, 1.165) is 9.97 Å². The Bertz CT molecular complexity index is 761. The van der Waals surface area contributed by atoms with Crippen molar-refractivity contribution in [1.29, 1.82) is 0 Å². The first kappa shape index (κ1) is 12.7. The maximum atomic E-state index is 10.8. The predicted molar refractivity (Wildman–Crippen MR) is 75.6 cm³/mol. The van der Waals surface area contributed by atoms with Crippen LogP contribution in [0.5, 0.6) is 0 Å². The molecule has 0 saturated carbocycles. The minimum absolute atomic E-state index is 0.0445. The van der Waals surface area contributed by atoms with Crippen LogP contribution in [0.3, 0.4) is 0 Å². The van der Waals surface area contributed by atoms with Crippen LogP contribution in [0.15, 0.2) is 30.5 Å². The van der Waals surface area contributed by atoms with Crippen molar-refractivity contribution >= 4 is 22.0 Å². The van der Waals surface area contributed by atoms with Crippen LogP contribution in [0.2, 0.25) is 0 Å². The number of hydrogen-bond acceptors (Lipinski definition) is 6. The average Bonchev–Trinajstić information content (AvgIpc) is 2.96. The molecule has 102 valence electrons. The van der Waals surface area contributed by atoms with Crippen molar-refractivity contribution in [2.24, 2.45) is 5.73 Å². The van der Waals surface area contributed by atoms with E-state index in [2.05, 4.69) is 10.1 Å². The van der Waals surface area contributed by atoms with Gasteiger partial charge in [0.25, 0.3) is 5.69 Å². The smallest absolute Gasteiger partial charge is 0.270 e. The number of nitrogens with zero attached hydrogens (tertiary/aromatic N) is 4. The van der Waals surface area contributed by atoms with E-state index in [0.29, 0.717) is 11.3 Å². The Morgan fingerprint density at radius 3 is 2.95 bits per heavy atom. The van der Waals surface area contributed by atoms with Crippen molar-refractivity contribution in [3.8, 4) is 11.3 Å². The lowest BCUT2D eigenvalue weighted by Crippen LogP contribution is -2.04. The third-order valence-electron chi connectivity index (χ3n) is 2.80. The lowest BCUT2D eigenvalue weighted by atomic mass is 10.1. The molecule has 1 unspecified atom stereocenters. The zero-order valence-corrected chi connectivity index (χ0v) is 11.4. The largest absolute Gasteiger partial charge is 0.322 e. The van der Waals surface area contributed by atoms with Crippen LogP contribution in [-0.2, 0) is 0 Å². The van der Waals surface area contributed by atoms with Crippen LogP contribution in [0.4, 0.5) is 5.69 Å². The molecule has 1 atom stereocenters. The molecule has 1 aromatic carbocycles. The van der Waals surface area contributed by atoms with Crippen LogP contribution in [0.25, 0.3) is 16.2 Å². The summed E-state index contributed by atoms with van der Waals surface area (Å²) in [5.41, 5.74) is 7.17. The zero-order valence-electron chi connectivity index (χ0n) is 10.6. The highest BCUT2D eigenvalue weighted by atomic mass is 32.1. The topological polar surface area (TPSA) is 99.3 Å². The van der Waals surface area contributed by atoms with Gasteiger partial charge in [-0.25, -0.2) is 9.50 Å². The molecule has 2 aromatic heterocycles. The number of aromatic nitrogens is 3. The summed E-state index contributed by atoms with van der Waals surface area (Å²) in [6.07, 6.45) is 1.75. The van der Waals surface area contributed by atoms with Crippen molar-refractivity contribution in [2.45, 2.75) is 13.0 Å². The molecule has 0 saturated heterocycles. The van der Waals surface area contributed by atoms with Crippen molar-refractivity contribution in [3.05, 3.63) is 45.6 Å². The standard InChI is InChI=1S/C12H11N5O2S/c1-7(13)11-15-16-6-10(14-12(16)20-11)8-3-2-4-9(5-8)17(18)19/h2-7H,13H2,1H3. The number of fused-ring (bicyclic) bond motifs is 1. The molecule has 2 N–H and O–H groups in total. The highest BCUT2D eigenvalue weighted by Gasteiger charge is 2.13. The third-order valence-corrected chi connectivity index (χ3v) is 3.92. The van der Waals surface area contributed by atoms with Gasteiger partial charge in [-0.2, -0.15) is 5.10 Å². The second-order valence-electron chi connectivity index (χ2n) is 4.39. The minimum Gasteiger partial charge on any atom is -0.322 e. The van der Waals surface area contributed by atoms with Gasteiger partial charge in [-0.1, -0.05) is 23.5 Å². The summed E-state index contributed by atoms with van der Waals surface area (Å²) < 4.78 is 1.65. The summed E-state index contributed by atoms with van der Waals surface area (Å²) in [5, 5.41) is 15.9. The number of benzene rings is 1. The van der Waals surface area contributed by atoms with Gasteiger partial charge in [-0.3, -0.25) is 10.1 Å². The number of rotatable bonds is 3. The first-order valence-corrected chi connectivity index (χ1v) is 6.73. The second kappa shape index (κ2) is 4.66. The van der Waals surface area contributed by atoms with Gasteiger partial charge < -0.3 is 5.73 Å². The maximum Gasteiger partial charge on any atom is 0.270 e. The molecule has 20 heavy (non-hydrogen) atoms. The highest BCUT2D eigenvalue weighted by molar-refractivity contribution is 7.16. The fourth-order valence-electron chi connectivity index (χ4n) is 1.82. The van der Waals surface area contributed by atoms with Gasteiger partial charge in [0.05, 0.1) is 22.9 Å². The first-order chi connectivity index (χ1) is 9.54. The second-order valence-corrected chi connectivity index (χ2v) is 5.38. The Hall–Kier alpha value is -2.32. The van der Waals surface area contributed by atoms with E-state index in [1.165, 1.54) is 23.5 Å². The number of non-ortho nitro benzene ring substituents is 1. The molecule has 0 radical (unpaired) electrons. The van der Waals surface area contributed by atoms with Crippen LogP contribution >= 0.6 is 11.3 Å². The van der Waals surface area contributed by atoms with E-state index in [-0.39, 0.29) is 11.7 Å². The Morgan fingerprint density at radius 2 is 2.30 bits per heavy atom. The molecule has 2 heterocycles. The van der Waals surface area contributed by atoms with Gasteiger partial charge in [0.1, 0.15) is 5.01 Å². The van der Waals surface area contributed by atoms with Gasteiger partial charge in [0.2, 0.25) is 4.96 Å². The number of nitro groups is 1. The number of imidazole rings is 1. The molecule has 0 aliphatic heterocycles. The molecule has 0 amide bonds. The molecular formula is C12H11N5O2S. The predicted octanol–water partition coefficient (Wildman–Crippen LogP) is 2.39. The monoisotopic (exact) mass is 289 g/mol. The molecule has 0 aliphatic carbocycles. The normalized spacial score (nSPS) is 12.7. The molecule has 0 spiro atoms. The average molecular weight is 289 g/mol. The maximum absolute atomic E-state index is 10.8. The molecule has 3 aromatic rings. The molecule has 7 nitrogen and oxygen atoms in total. The minimum atomic E-state index is -0.422. The Balaban J connectivity index is 2.04.